The first kappa shape index (κ1) is 12.5. The van der Waals surface area contributed by atoms with E-state index in [2.05, 4.69) is 10.2 Å². The van der Waals surface area contributed by atoms with Crippen LogP contribution in [0.2, 0.25) is 0 Å². The fraction of sp³-hybridized carbons (Fsp3) is 0.333. The van der Waals surface area contributed by atoms with Gasteiger partial charge in [-0.25, -0.2) is 4.39 Å². The minimum atomic E-state index is -0.326. The molecule has 0 aliphatic carbocycles. The third-order valence-corrected chi connectivity index (χ3v) is 2.62. The normalized spacial score (nSPS) is 12.4. The van der Waals surface area contributed by atoms with Crippen LogP contribution in [0.1, 0.15) is 24.4 Å². The molecule has 2 aromatic rings. The van der Waals surface area contributed by atoms with Crippen molar-refractivity contribution in [1.82, 2.24) is 14.8 Å². The summed E-state index contributed by atoms with van der Waals surface area (Å²) < 4.78 is 20.5. The number of nitrogens with two attached hydrogens (primary N) is 1. The Morgan fingerprint density at radius 2 is 2.28 bits per heavy atom. The average molecular weight is 250 g/mol. The van der Waals surface area contributed by atoms with Gasteiger partial charge in [-0.15, -0.1) is 10.2 Å². The SMILES string of the molecule is C[C@@H](N)c1cc(F)ccc1OCc1nncn1C. The Balaban J connectivity index is 2.16. The molecule has 0 aliphatic heterocycles. The quantitative estimate of drug-likeness (QED) is 0.894. The van der Waals surface area contributed by atoms with Gasteiger partial charge in [0.25, 0.3) is 0 Å². The molecule has 0 spiro atoms. The van der Waals surface area contributed by atoms with Crippen molar-refractivity contribution < 1.29 is 9.13 Å². The molecule has 0 unspecified atom stereocenters. The lowest BCUT2D eigenvalue weighted by molar-refractivity contribution is 0.286. The summed E-state index contributed by atoms with van der Waals surface area (Å²) in [5, 5.41) is 7.66. The summed E-state index contributed by atoms with van der Waals surface area (Å²) in [5.41, 5.74) is 6.42. The van der Waals surface area contributed by atoms with Gasteiger partial charge in [-0.3, -0.25) is 0 Å². The summed E-state index contributed by atoms with van der Waals surface area (Å²) in [6.45, 7) is 2.05. The van der Waals surface area contributed by atoms with Crippen LogP contribution >= 0.6 is 0 Å². The van der Waals surface area contributed by atoms with E-state index in [0.29, 0.717) is 17.1 Å². The Morgan fingerprint density at radius 1 is 1.50 bits per heavy atom. The molecule has 96 valence electrons. The topological polar surface area (TPSA) is 66.0 Å². The van der Waals surface area contributed by atoms with Crippen molar-refractivity contribution in [2.24, 2.45) is 12.8 Å². The number of rotatable bonds is 4. The fourth-order valence-electron chi connectivity index (χ4n) is 1.59. The van der Waals surface area contributed by atoms with Crippen molar-refractivity contribution in [2.45, 2.75) is 19.6 Å². The van der Waals surface area contributed by atoms with Crippen LogP contribution in [-0.4, -0.2) is 14.8 Å². The van der Waals surface area contributed by atoms with Crippen LogP contribution in [-0.2, 0) is 13.7 Å². The Morgan fingerprint density at radius 3 is 2.89 bits per heavy atom. The molecular formula is C12H15FN4O. The van der Waals surface area contributed by atoms with E-state index < -0.39 is 0 Å². The van der Waals surface area contributed by atoms with Crippen molar-refractivity contribution in [3.8, 4) is 5.75 Å². The highest BCUT2D eigenvalue weighted by atomic mass is 19.1. The molecule has 1 aromatic carbocycles. The maximum atomic E-state index is 13.1. The molecule has 2 rings (SSSR count). The molecular weight excluding hydrogens is 235 g/mol. The van der Waals surface area contributed by atoms with Gasteiger partial charge in [-0.1, -0.05) is 0 Å². The minimum absolute atomic E-state index is 0.266. The molecule has 1 heterocycles. The maximum absolute atomic E-state index is 13.1. The number of aryl methyl sites for hydroxylation is 1. The van der Waals surface area contributed by atoms with Gasteiger partial charge in [0.2, 0.25) is 0 Å². The van der Waals surface area contributed by atoms with Crippen molar-refractivity contribution in [1.29, 1.82) is 0 Å². The van der Waals surface area contributed by atoms with Crippen LogP contribution in [0.15, 0.2) is 24.5 Å². The monoisotopic (exact) mass is 250 g/mol. The van der Waals surface area contributed by atoms with Crippen LogP contribution < -0.4 is 10.5 Å². The van der Waals surface area contributed by atoms with E-state index in [1.54, 1.807) is 23.9 Å². The molecule has 0 saturated carbocycles. The van der Waals surface area contributed by atoms with E-state index in [1.165, 1.54) is 12.1 Å². The largest absolute Gasteiger partial charge is 0.485 e. The Bertz CT molecular complexity index is 539. The van der Waals surface area contributed by atoms with E-state index in [1.807, 2.05) is 7.05 Å². The van der Waals surface area contributed by atoms with Gasteiger partial charge in [0.15, 0.2) is 5.82 Å². The number of hydrogen-bond donors (Lipinski definition) is 1. The number of hydrogen-bond acceptors (Lipinski definition) is 4. The summed E-state index contributed by atoms with van der Waals surface area (Å²) in [6.07, 6.45) is 1.59. The summed E-state index contributed by atoms with van der Waals surface area (Å²) in [4.78, 5) is 0. The van der Waals surface area contributed by atoms with Gasteiger partial charge < -0.3 is 15.0 Å². The number of aromatic nitrogens is 3. The highest BCUT2D eigenvalue weighted by Crippen LogP contribution is 2.25. The Hall–Kier alpha value is -1.95. The molecule has 5 nitrogen and oxygen atoms in total. The lowest BCUT2D eigenvalue weighted by Gasteiger charge is -2.13. The van der Waals surface area contributed by atoms with E-state index in [0.717, 1.165) is 0 Å². The first-order valence-electron chi connectivity index (χ1n) is 5.58. The summed E-state index contributed by atoms with van der Waals surface area (Å²) in [5.74, 6) is 0.928. The molecule has 0 aliphatic rings. The Kier molecular flexibility index (Phi) is 3.57. The number of ether oxygens (including phenoxy) is 1. The second-order valence-corrected chi connectivity index (χ2v) is 4.12. The van der Waals surface area contributed by atoms with Gasteiger partial charge in [0, 0.05) is 18.7 Å². The van der Waals surface area contributed by atoms with Crippen LogP contribution in [0.3, 0.4) is 0 Å². The third kappa shape index (κ3) is 2.65. The second kappa shape index (κ2) is 5.14. The van der Waals surface area contributed by atoms with E-state index in [9.17, 15) is 4.39 Å². The lowest BCUT2D eigenvalue weighted by Crippen LogP contribution is -2.10. The van der Waals surface area contributed by atoms with Gasteiger partial charge >= 0.3 is 0 Å². The summed E-state index contributed by atoms with van der Waals surface area (Å²) >= 11 is 0. The van der Waals surface area contributed by atoms with Crippen molar-refractivity contribution in [3.63, 3.8) is 0 Å². The second-order valence-electron chi connectivity index (χ2n) is 4.12. The molecule has 1 aromatic heterocycles. The number of benzene rings is 1. The first-order valence-corrected chi connectivity index (χ1v) is 5.58. The molecule has 0 saturated heterocycles. The molecule has 0 bridgehead atoms. The molecule has 1 atom stereocenters. The highest BCUT2D eigenvalue weighted by Gasteiger charge is 2.11. The van der Waals surface area contributed by atoms with E-state index in [-0.39, 0.29) is 18.5 Å². The lowest BCUT2D eigenvalue weighted by atomic mass is 10.1. The smallest absolute Gasteiger partial charge is 0.170 e. The predicted octanol–water partition coefficient (Wildman–Crippen LogP) is 1.55. The zero-order valence-electron chi connectivity index (χ0n) is 10.3. The molecule has 0 amide bonds. The van der Waals surface area contributed by atoms with E-state index >= 15 is 0 Å². The first-order chi connectivity index (χ1) is 8.58. The van der Waals surface area contributed by atoms with Crippen LogP contribution in [0.25, 0.3) is 0 Å². The van der Waals surface area contributed by atoms with Gasteiger partial charge in [0.1, 0.15) is 24.5 Å². The van der Waals surface area contributed by atoms with Crippen LogP contribution in [0.4, 0.5) is 4.39 Å². The van der Waals surface area contributed by atoms with Crippen molar-refractivity contribution in [2.75, 3.05) is 0 Å². The van der Waals surface area contributed by atoms with Gasteiger partial charge in [-0.2, -0.15) is 0 Å². The predicted molar refractivity (Wildman–Crippen MR) is 64.3 cm³/mol. The fourth-order valence-corrected chi connectivity index (χ4v) is 1.59. The highest BCUT2D eigenvalue weighted by molar-refractivity contribution is 5.36. The number of halogens is 1. The molecule has 6 heteroatoms. The molecule has 18 heavy (non-hydrogen) atoms. The summed E-state index contributed by atoms with van der Waals surface area (Å²) in [7, 11) is 1.83. The average Bonchev–Trinajstić information content (AvgIpc) is 2.73. The van der Waals surface area contributed by atoms with Gasteiger partial charge in [0.05, 0.1) is 0 Å². The van der Waals surface area contributed by atoms with Crippen molar-refractivity contribution >= 4 is 0 Å². The van der Waals surface area contributed by atoms with E-state index in [4.69, 9.17) is 10.5 Å². The maximum Gasteiger partial charge on any atom is 0.170 e. The van der Waals surface area contributed by atoms with Gasteiger partial charge in [-0.05, 0) is 25.1 Å². The third-order valence-electron chi connectivity index (χ3n) is 2.62. The molecule has 0 radical (unpaired) electrons. The molecule has 2 N–H and O–H groups in total. The zero-order valence-corrected chi connectivity index (χ0v) is 10.3. The van der Waals surface area contributed by atoms with Crippen LogP contribution in [0, 0.1) is 5.82 Å². The van der Waals surface area contributed by atoms with Crippen LogP contribution in [0.5, 0.6) is 5.75 Å². The van der Waals surface area contributed by atoms with Crippen molar-refractivity contribution in [3.05, 3.63) is 41.7 Å². The Labute approximate surface area is 104 Å². The number of nitrogens with zero attached hydrogens (tertiary/aromatic N) is 3. The standard InChI is InChI=1S/C12H15FN4O/c1-8(14)10-5-9(13)3-4-11(10)18-6-12-16-15-7-17(12)2/h3-5,7-8H,6,14H2,1-2H3/t8-/m1/s1. The summed E-state index contributed by atoms with van der Waals surface area (Å²) in [6, 6.07) is 4.01. The molecule has 0 fully saturated rings. The zero-order chi connectivity index (χ0) is 13.1. The minimum Gasteiger partial charge on any atom is -0.485 e.